The number of nitrogens with zero attached hydrogens (tertiary/aromatic N) is 3. The summed E-state index contributed by atoms with van der Waals surface area (Å²) in [6.07, 6.45) is 1.76. The fourth-order valence-electron chi connectivity index (χ4n) is 4.40. The molecule has 0 atom stereocenters. The van der Waals surface area contributed by atoms with Gasteiger partial charge in [0.2, 0.25) is 0 Å². The van der Waals surface area contributed by atoms with Crippen molar-refractivity contribution in [3.63, 3.8) is 0 Å². The number of Topliss-reactive ketones (excluding diaryl/α,β-unsaturated/α-hetero) is 1. The van der Waals surface area contributed by atoms with E-state index in [0.29, 0.717) is 6.54 Å². The number of carbonyl (C=O) groups is 1. The van der Waals surface area contributed by atoms with E-state index >= 15 is 0 Å². The van der Waals surface area contributed by atoms with Crippen LogP contribution in [0, 0.1) is 5.92 Å². The summed E-state index contributed by atoms with van der Waals surface area (Å²) in [5, 5.41) is 1.07. The molecule has 2 heterocycles. The molecule has 0 amide bonds. The molecular formula is C27H25N3O. The molecule has 1 aromatic heterocycles. The molecule has 0 radical (unpaired) electrons. The van der Waals surface area contributed by atoms with E-state index in [-0.39, 0.29) is 11.7 Å². The molecule has 0 N–H and O–H groups in total. The van der Waals surface area contributed by atoms with E-state index < -0.39 is 0 Å². The third-order valence-corrected chi connectivity index (χ3v) is 6.08. The summed E-state index contributed by atoms with van der Waals surface area (Å²) in [7, 11) is 0. The maximum atomic E-state index is 12.8. The number of para-hydroxylation sites is 1. The summed E-state index contributed by atoms with van der Waals surface area (Å²) in [4.78, 5) is 24.9. The van der Waals surface area contributed by atoms with Crippen LogP contribution in [-0.4, -0.2) is 33.7 Å². The highest BCUT2D eigenvalue weighted by Crippen LogP contribution is 2.27. The largest absolute Gasteiger partial charge is 0.296 e. The van der Waals surface area contributed by atoms with Crippen molar-refractivity contribution in [3.05, 3.63) is 96.3 Å². The lowest BCUT2D eigenvalue weighted by Gasteiger charge is -2.30. The number of benzene rings is 3. The third kappa shape index (κ3) is 4.25. The van der Waals surface area contributed by atoms with E-state index in [9.17, 15) is 4.79 Å². The van der Waals surface area contributed by atoms with E-state index in [2.05, 4.69) is 29.2 Å². The number of hydrogen-bond donors (Lipinski definition) is 0. The minimum Gasteiger partial charge on any atom is -0.296 e. The van der Waals surface area contributed by atoms with Crippen molar-refractivity contribution in [1.82, 2.24) is 14.9 Å². The number of carbonyl (C=O) groups excluding carboxylic acids is 1. The van der Waals surface area contributed by atoms with Crippen molar-refractivity contribution in [1.29, 1.82) is 0 Å². The van der Waals surface area contributed by atoms with Gasteiger partial charge in [-0.3, -0.25) is 9.69 Å². The number of hydrogen-bond acceptors (Lipinski definition) is 4. The van der Waals surface area contributed by atoms with Crippen LogP contribution in [0.1, 0.15) is 29.0 Å². The topological polar surface area (TPSA) is 46.1 Å². The Labute approximate surface area is 182 Å². The van der Waals surface area contributed by atoms with Gasteiger partial charge >= 0.3 is 0 Å². The van der Waals surface area contributed by atoms with Gasteiger partial charge in [-0.05, 0) is 32.0 Å². The SMILES string of the molecule is O=C(c1ccccc1)C1CCN(Cc2nc(-c3ccccc3)c3ccccc3n2)CC1. The Morgan fingerprint density at radius 2 is 1.45 bits per heavy atom. The highest BCUT2D eigenvalue weighted by atomic mass is 16.1. The molecule has 4 heteroatoms. The van der Waals surface area contributed by atoms with Gasteiger partial charge in [-0.1, -0.05) is 78.9 Å². The van der Waals surface area contributed by atoms with Crippen LogP contribution in [0.5, 0.6) is 0 Å². The van der Waals surface area contributed by atoms with Gasteiger partial charge in [0.25, 0.3) is 0 Å². The van der Waals surface area contributed by atoms with Crippen LogP contribution in [0.4, 0.5) is 0 Å². The molecular weight excluding hydrogens is 382 g/mol. The van der Waals surface area contributed by atoms with Crippen LogP contribution in [0.15, 0.2) is 84.9 Å². The summed E-state index contributed by atoms with van der Waals surface area (Å²) in [5.41, 5.74) is 3.89. The van der Waals surface area contributed by atoms with E-state index in [1.54, 1.807) is 0 Å². The minimum absolute atomic E-state index is 0.107. The lowest BCUT2D eigenvalue weighted by Crippen LogP contribution is -2.36. The monoisotopic (exact) mass is 407 g/mol. The molecule has 0 spiro atoms. The molecule has 154 valence electrons. The molecule has 3 aromatic carbocycles. The maximum absolute atomic E-state index is 12.8. The van der Waals surface area contributed by atoms with Crippen molar-refractivity contribution in [2.24, 2.45) is 5.92 Å². The first kappa shape index (κ1) is 19.6. The zero-order valence-electron chi connectivity index (χ0n) is 17.4. The van der Waals surface area contributed by atoms with Gasteiger partial charge in [0.05, 0.1) is 17.8 Å². The van der Waals surface area contributed by atoms with Crippen LogP contribution in [-0.2, 0) is 6.54 Å². The van der Waals surface area contributed by atoms with E-state index in [1.807, 2.05) is 60.7 Å². The van der Waals surface area contributed by atoms with Crippen molar-refractivity contribution in [2.75, 3.05) is 13.1 Å². The Balaban J connectivity index is 1.33. The molecule has 0 saturated carbocycles. The molecule has 1 fully saturated rings. The zero-order valence-corrected chi connectivity index (χ0v) is 17.4. The highest BCUT2D eigenvalue weighted by molar-refractivity contribution is 5.97. The Bertz CT molecular complexity index is 1180. The average molecular weight is 408 g/mol. The number of ketones is 1. The predicted octanol–water partition coefficient (Wildman–Crippen LogP) is 5.39. The lowest BCUT2D eigenvalue weighted by molar-refractivity contribution is 0.0833. The zero-order chi connectivity index (χ0) is 21.0. The van der Waals surface area contributed by atoms with Gasteiger partial charge in [-0.25, -0.2) is 9.97 Å². The molecule has 4 aromatic rings. The summed E-state index contributed by atoms with van der Waals surface area (Å²) >= 11 is 0. The average Bonchev–Trinajstić information content (AvgIpc) is 2.85. The molecule has 4 nitrogen and oxygen atoms in total. The van der Waals surface area contributed by atoms with Crippen LogP contribution >= 0.6 is 0 Å². The molecule has 1 saturated heterocycles. The number of piperidine rings is 1. The number of likely N-dealkylation sites (tertiary alicyclic amines) is 1. The summed E-state index contributed by atoms with van der Waals surface area (Å²) in [6.45, 7) is 2.48. The Kier molecular flexibility index (Phi) is 5.55. The molecule has 1 aliphatic rings. The fourth-order valence-corrected chi connectivity index (χ4v) is 4.40. The van der Waals surface area contributed by atoms with Gasteiger partial charge in [-0.2, -0.15) is 0 Å². The van der Waals surface area contributed by atoms with Crippen molar-refractivity contribution < 1.29 is 4.79 Å². The van der Waals surface area contributed by atoms with Crippen molar-refractivity contribution in [2.45, 2.75) is 19.4 Å². The van der Waals surface area contributed by atoms with Crippen molar-refractivity contribution in [3.8, 4) is 11.3 Å². The predicted molar refractivity (Wildman–Crippen MR) is 124 cm³/mol. The fraction of sp³-hybridized carbons (Fsp3) is 0.222. The Morgan fingerprint density at radius 1 is 0.806 bits per heavy atom. The minimum atomic E-state index is 0.107. The van der Waals surface area contributed by atoms with Gasteiger partial charge < -0.3 is 0 Å². The first-order valence-corrected chi connectivity index (χ1v) is 10.9. The smallest absolute Gasteiger partial charge is 0.166 e. The van der Waals surface area contributed by atoms with Gasteiger partial charge in [0.15, 0.2) is 5.78 Å². The van der Waals surface area contributed by atoms with Crippen LogP contribution in [0.3, 0.4) is 0 Å². The van der Waals surface area contributed by atoms with Gasteiger partial charge in [0, 0.05) is 22.4 Å². The third-order valence-electron chi connectivity index (χ3n) is 6.08. The standard InChI is InChI=1S/C27H25N3O/c31-27(21-11-5-2-6-12-21)22-15-17-30(18-16-22)19-25-28-24-14-8-7-13-23(24)26(29-25)20-9-3-1-4-10-20/h1-14,22H,15-19H2. The van der Waals surface area contributed by atoms with Crippen LogP contribution in [0.2, 0.25) is 0 Å². The quantitative estimate of drug-likeness (QED) is 0.416. The second-order valence-corrected chi connectivity index (χ2v) is 8.15. The summed E-state index contributed by atoms with van der Waals surface area (Å²) in [5.74, 6) is 1.22. The van der Waals surface area contributed by atoms with Crippen molar-refractivity contribution >= 4 is 16.7 Å². The van der Waals surface area contributed by atoms with E-state index in [1.165, 1.54) is 0 Å². The second kappa shape index (κ2) is 8.78. The molecule has 5 rings (SSSR count). The van der Waals surface area contributed by atoms with Crippen LogP contribution < -0.4 is 0 Å². The van der Waals surface area contributed by atoms with E-state index in [0.717, 1.165) is 59.5 Å². The first-order valence-electron chi connectivity index (χ1n) is 10.9. The lowest BCUT2D eigenvalue weighted by atomic mass is 9.89. The molecule has 31 heavy (non-hydrogen) atoms. The summed E-state index contributed by atoms with van der Waals surface area (Å²) in [6, 6.07) is 28.2. The second-order valence-electron chi connectivity index (χ2n) is 8.15. The number of rotatable bonds is 5. The summed E-state index contributed by atoms with van der Waals surface area (Å²) < 4.78 is 0. The molecule has 0 unspecified atom stereocenters. The molecule has 0 aliphatic carbocycles. The first-order chi connectivity index (χ1) is 15.3. The maximum Gasteiger partial charge on any atom is 0.166 e. The van der Waals surface area contributed by atoms with Crippen LogP contribution in [0.25, 0.3) is 22.2 Å². The number of aromatic nitrogens is 2. The van der Waals surface area contributed by atoms with E-state index in [4.69, 9.17) is 9.97 Å². The van der Waals surface area contributed by atoms with Gasteiger partial charge in [0.1, 0.15) is 5.82 Å². The Hall–Kier alpha value is -3.37. The normalized spacial score (nSPS) is 15.2. The Morgan fingerprint density at radius 3 is 2.19 bits per heavy atom. The highest BCUT2D eigenvalue weighted by Gasteiger charge is 2.26. The number of fused-ring (bicyclic) bond motifs is 1. The molecule has 0 bridgehead atoms. The molecule has 1 aliphatic heterocycles. The van der Waals surface area contributed by atoms with Gasteiger partial charge in [-0.15, -0.1) is 0 Å².